The van der Waals surface area contributed by atoms with E-state index in [1.54, 1.807) is 11.1 Å². The highest BCUT2D eigenvalue weighted by Gasteiger charge is 2.24. The first-order valence-electron chi connectivity index (χ1n) is 4.16. The van der Waals surface area contributed by atoms with Crippen molar-refractivity contribution in [2.24, 2.45) is 5.92 Å². The van der Waals surface area contributed by atoms with Crippen molar-refractivity contribution in [1.82, 2.24) is 0 Å². The molecule has 1 unspecified atom stereocenters. The van der Waals surface area contributed by atoms with E-state index in [9.17, 15) is 0 Å². The summed E-state index contributed by atoms with van der Waals surface area (Å²) >= 11 is 5.00. The molecule has 0 radical (unpaired) electrons. The van der Waals surface area contributed by atoms with E-state index >= 15 is 0 Å². The van der Waals surface area contributed by atoms with Gasteiger partial charge >= 0.3 is 0 Å². The minimum atomic E-state index is 0.945. The Labute approximate surface area is 96.5 Å². The first-order valence-corrected chi connectivity index (χ1v) is 7.21. The summed E-state index contributed by atoms with van der Waals surface area (Å²) in [7, 11) is 0. The van der Waals surface area contributed by atoms with Crippen molar-refractivity contribution in [1.29, 1.82) is 0 Å². The number of hydrogen-bond donors (Lipinski definition) is 0. The van der Waals surface area contributed by atoms with Crippen LogP contribution in [-0.4, -0.2) is 8.86 Å². The van der Waals surface area contributed by atoms with Gasteiger partial charge < -0.3 is 0 Å². The summed E-state index contributed by atoms with van der Waals surface area (Å²) < 4.78 is 2.57. The van der Waals surface area contributed by atoms with Gasteiger partial charge in [-0.1, -0.05) is 63.3 Å². The second-order valence-corrected chi connectivity index (χ2v) is 4.65. The molecule has 1 fully saturated rings. The minimum absolute atomic E-state index is 0.945. The van der Waals surface area contributed by atoms with Gasteiger partial charge in [-0.15, -0.1) is 0 Å². The smallest absolute Gasteiger partial charge is 0.0208 e. The van der Waals surface area contributed by atoms with E-state index in [1.165, 1.54) is 28.1 Å². The van der Waals surface area contributed by atoms with Gasteiger partial charge in [0, 0.05) is 8.86 Å². The Balaban J connectivity index is 2.61. The zero-order chi connectivity index (χ0) is 8.27. The van der Waals surface area contributed by atoms with E-state index in [4.69, 9.17) is 0 Å². The Bertz CT molecular complexity index is 153. The van der Waals surface area contributed by atoms with Crippen molar-refractivity contribution < 1.29 is 0 Å². The summed E-state index contributed by atoms with van der Waals surface area (Å²) in [5.74, 6) is 0.945. The van der Waals surface area contributed by atoms with E-state index in [2.05, 4.69) is 52.1 Å². The van der Waals surface area contributed by atoms with Crippen LogP contribution in [0, 0.1) is 5.92 Å². The highest BCUT2D eigenvalue weighted by molar-refractivity contribution is 14.1. The Hall–Kier alpha value is 1.20. The molecule has 1 aliphatic rings. The first kappa shape index (κ1) is 10.3. The van der Waals surface area contributed by atoms with Gasteiger partial charge in [0.05, 0.1) is 0 Å². The lowest BCUT2D eigenvalue weighted by molar-refractivity contribution is 0.487. The summed E-state index contributed by atoms with van der Waals surface area (Å²) in [6, 6.07) is 0. The molecule has 0 spiro atoms. The molecule has 0 aromatic carbocycles. The van der Waals surface area contributed by atoms with Gasteiger partial charge in [-0.3, -0.25) is 0 Å². The SMILES string of the molecule is CC/C(CI)=C1\CCC1CI. The molecular weight excluding hydrogens is 362 g/mol. The molecule has 64 valence electrons. The maximum absolute atomic E-state index is 2.51. The highest BCUT2D eigenvalue weighted by Crippen LogP contribution is 2.38. The fourth-order valence-electron chi connectivity index (χ4n) is 1.54. The van der Waals surface area contributed by atoms with Gasteiger partial charge in [-0.05, 0) is 25.2 Å². The molecule has 0 N–H and O–H groups in total. The van der Waals surface area contributed by atoms with E-state index < -0.39 is 0 Å². The quantitative estimate of drug-likeness (QED) is 0.397. The molecule has 0 aliphatic heterocycles. The zero-order valence-corrected chi connectivity index (χ0v) is 11.2. The van der Waals surface area contributed by atoms with Gasteiger partial charge in [-0.25, -0.2) is 0 Å². The van der Waals surface area contributed by atoms with Gasteiger partial charge in [0.1, 0.15) is 0 Å². The van der Waals surface area contributed by atoms with Crippen molar-refractivity contribution in [3.8, 4) is 0 Å². The van der Waals surface area contributed by atoms with Crippen LogP contribution in [0.2, 0.25) is 0 Å². The Morgan fingerprint density at radius 1 is 1.55 bits per heavy atom. The molecule has 0 aromatic heterocycles. The first-order chi connectivity index (χ1) is 5.33. The van der Waals surface area contributed by atoms with Gasteiger partial charge in [0.25, 0.3) is 0 Å². The molecule has 11 heavy (non-hydrogen) atoms. The van der Waals surface area contributed by atoms with Gasteiger partial charge in [0.15, 0.2) is 0 Å². The lowest BCUT2D eigenvalue weighted by Gasteiger charge is -2.31. The summed E-state index contributed by atoms with van der Waals surface area (Å²) in [4.78, 5) is 0. The normalized spacial score (nSPS) is 28.1. The fraction of sp³-hybridized carbons (Fsp3) is 0.778. The third kappa shape index (κ3) is 2.32. The summed E-state index contributed by atoms with van der Waals surface area (Å²) in [5, 5.41) is 0. The van der Waals surface area contributed by atoms with Gasteiger partial charge in [-0.2, -0.15) is 0 Å². The maximum Gasteiger partial charge on any atom is 0.0208 e. The molecule has 1 saturated carbocycles. The predicted molar refractivity (Wildman–Crippen MR) is 67.8 cm³/mol. The van der Waals surface area contributed by atoms with E-state index in [0.29, 0.717) is 0 Å². The average Bonchev–Trinajstić information content (AvgIpc) is 1.98. The molecule has 0 nitrogen and oxygen atoms in total. The van der Waals surface area contributed by atoms with Crippen LogP contribution < -0.4 is 0 Å². The van der Waals surface area contributed by atoms with E-state index in [0.717, 1.165) is 5.92 Å². The molecule has 0 saturated heterocycles. The molecular formula is C9H14I2. The lowest BCUT2D eigenvalue weighted by Crippen LogP contribution is -2.19. The predicted octanol–water partition coefficient (Wildman–Crippen LogP) is 3.97. The summed E-state index contributed by atoms with van der Waals surface area (Å²) in [6.07, 6.45) is 4.10. The Kier molecular flexibility index (Phi) is 4.71. The second kappa shape index (κ2) is 5.04. The van der Waals surface area contributed by atoms with Crippen LogP contribution in [0.25, 0.3) is 0 Å². The van der Waals surface area contributed by atoms with Crippen LogP contribution in [0.15, 0.2) is 11.1 Å². The third-order valence-corrected chi connectivity index (χ3v) is 4.47. The largest absolute Gasteiger partial charge is 0.0857 e. The Morgan fingerprint density at radius 3 is 2.55 bits per heavy atom. The molecule has 0 bridgehead atoms. The molecule has 2 heteroatoms. The van der Waals surface area contributed by atoms with Crippen molar-refractivity contribution in [2.75, 3.05) is 8.86 Å². The molecule has 1 atom stereocenters. The standard InChI is InChI=1S/C9H14I2/c1-2-7(5-10)9-4-3-8(9)6-11/h8H,2-6H2,1H3/b9-7-. The zero-order valence-electron chi connectivity index (χ0n) is 6.87. The monoisotopic (exact) mass is 376 g/mol. The van der Waals surface area contributed by atoms with Crippen molar-refractivity contribution in [3.05, 3.63) is 11.1 Å². The third-order valence-electron chi connectivity index (χ3n) is 2.48. The molecule has 1 rings (SSSR count). The van der Waals surface area contributed by atoms with Crippen LogP contribution in [-0.2, 0) is 0 Å². The van der Waals surface area contributed by atoms with Crippen molar-refractivity contribution >= 4 is 45.2 Å². The van der Waals surface area contributed by atoms with Crippen LogP contribution in [0.4, 0.5) is 0 Å². The van der Waals surface area contributed by atoms with Crippen LogP contribution >= 0.6 is 45.2 Å². The van der Waals surface area contributed by atoms with Crippen molar-refractivity contribution in [3.63, 3.8) is 0 Å². The summed E-state index contributed by atoms with van der Waals surface area (Å²) in [5.41, 5.74) is 3.51. The highest BCUT2D eigenvalue weighted by atomic mass is 127. The average molecular weight is 376 g/mol. The molecule has 0 heterocycles. The van der Waals surface area contributed by atoms with Crippen LogP contribution in [0.1, 0.15) is 26.2 Å². The van der Waals surface area contributed by atoms with Gasteiger partial charge in [0.2, 0.25) is 0 Å². The molecule has 0 amide bonds. The van der Waals surface area contributed by atoms with E-state index in [-0.39, 0.29) is 0 Å². The Morgan fingerprint density at radius 2 is 2.27 bits per heavy atom. The minimum Gasteiger partial charge on any atom is -0.0857 e. The lowest BCUT2D eigenvalue weighted by atomic mass is 9.78. The van der Waals surface area contributed by atoms with Crippen molar-refractivity contribution in [2.45, 2.75) is 26.2 Å². The topological polar surface area (TPSA) is 0 Å². The number of hydrogen-bond acceptors (Lipinski definition) is 0. The molecule has 1 aliphatic carbocycles. The van der Waals surface area contributed by atoms with Crippen LogP contribution in [0.5, 0.6) is 0 Å². The molecule has 0 aromatic rings. The number of allylic oxidation sites excluding steroid dienone is 2. The number of alkyl halides is 2. The summed E-state index contributed by atoms with van der Waals surface area (Å²) in [6.45, 7) is 2.28. The fourth-order valence-corrected chi connectivity index (χ4v) is 3.54. The second-order valence-electron chi connectivity index (χ2n) is 3.01. The maximum atomic E-state index is 2.51. The van der Waals surface area contributed by atoms with E-state index in [1.807, 2.05) is 0 Å². The number of rotatable bonds is 3. The number of halogens is 2. The van der Waals surface area contributed by atoms with Crippen LogP contribution in [0.3, 0.4) is 0 Å².